The summed E-state index contributed by atoms with van der Waals surface area (Å²) in [6.45, 7) is 2.80. The third-order valence-corrected chi connectivity index (χ3v) is 2.81. The van der Waals surface area contributed by atoms with E-state index in [9.17, 15) is 4.79 Å². The Morgan fingerprint density at radius 1 is 1.40 bits per heavy atom. The summed E-state index contributed by atoms with van der Waals surface area (Å²) in [6.07, 6.45) is 2.46. The molecule has 0 aliphatic heterocycles. The molecule has 0 spiro atoms. The van der Waals surface area contributed by atoms with Gasteiger partial charge in [-0.1, -0.05) is 11.2 Å². The number of aryl methyl sites for hydroxylation is 1. The molecule has 2 rings (SSSR count). The van der Waals surface area contributed by atoms with Gasteiger partial charge in [0.15, 0.2) is 0 Å². The summed E-state index contributed by atoms with van der Waals surface area (Å²) in [4.78, 5) is 17.6. The standard InChI is InChI=1S/C14H18N4O2/c1-11-9-13(17-20-11)10-18(2)14(19)16-8-6-12-5-3-4-7-15-12/h3-5,7,9H,6,8,10H2,1-2H3,(H,16,19). The second-order valence-corrected chi connectivity index (χ2v) is 4.59. The first kappa shape index (κ1) is 14.0. The Balaban J connectivity index is 1.74. The molecule has 2 amide bonds. The number of aromatic nitrogens is 2. The molecule has 2 aromatic rings. The van der Waals surface area contributed by atoms with E-state index in [0.29, 0.717) is 19.5 Å². The van der Waals surface area contributed by atoms with Gasteiger partial charge in [-0.3, -0.25) is 4.98 Å². The van der Waals surface area contributed by atoms with Gasteiger partial charge in [-0.15, -0.1) is 0 Å². The Labute approximate surface area is 117 Å². The molecule has 0 bridgehead atoms. The molecular formula is C14H18N4O2. The highest BCUT2D eigenvalue weighted by molar-refractivity contribution is 5.73. The van der Waals surface area contributed by atoms with E-state index in [4.69, 9.17) is 4.52 Å². The van der Waals surface area contributed by atoms with Gasteiger partial charge in [0.05, 0.1) is 6.54 Å². The Morgan fingerprint density at radius 3 is 2.90 bits per heavy atom. The number of hydrogen-bond acceptors (Lipinski definition) is 4. The first-order valence-corrected chi connectivity index (χ1v) is 6.46. The molecule has 0 fully saturated rings. The van der Waals surface area contributed by atoms with Crippen molar-refractivity contribution in [3.63, 3.8) is 0 Å². The van der Waals surface area contributed by atoms with Crippen LogP contribution in [0.15, 0.2) is 35.0 Å². The highest BCUT2D eigenvalue weighted by Crippen LogP contribution is 2.04. The van der Waals surface area contributed by atoms with Gasteiger partial charge in [0, 0.05) is 38.0 Å². The molecule has 0 unspecified atom stereocenters. The molecule has 20 heavy (non-hydrogen) atoms. The molecule has 0 atom stereocenters. The summed E-state index contributed by atoms with van der Waals surface area (Å²) in [7, 11) is 1.72. The number of pyridine rings is 1. The molecule has 0 aromatic carbocycles. The molecule has 0 aliphatic carbocycles. The lowest BCUT2D eigenvalue weighted by Crippen LogP contribution is -2.37. The van der Waals surface area contributed by atoms with Crippen molar-refractivity contribution in [2.75, 3.05) is 13.6 Å². The van der Waals surface area contributed by atoms with E-state index in [2.05, 4.69) is 15.5 Å². The molecule has 1 N–H and O–H groups in total. The lowest BCUT2D eigenvalue weighted by Gasteiger charge is -2.16. The van der Waals surface area contributed by atoms with Crippen LogP contribution in [0.2, 0.25) is 0 Å². The summed E-state index contributed by atoms with van der Waals surface area (Å²) < 4.78 is 4.97. The Morgan fingerprint density at radius 2 is 2.25 bits per heavy atom. The van der Waals surface area contributed by atoms with Gasteiger partial charge in [0.25, 0.3) is 0 Å². The summed E-state index contributed by atoms with van der Waals surface area (Å²) in [5.74, 6) is 0.740. The number of carbonyl (C=O) groups is 1. The third kappa shape index (κ3) is 4.08. The van der Waals surface area contributed by atoms with Gasteiger partial charge in [-0.25, -0.2) is 4.79 Å². The lowest BCUT2D eigenvalue weighted by molar-refractivity contribution is 0.205. The minimum atomic E-state index is -0.137. The molecule has 6 heteroatoms. The van der Waals surface area contributed by atoms with Crippen molar-refractivity contribution in [3.05, 3.63) is 47.6 Å². The number of urea groups is 1. The van der Waals surface area contributed by atoms with Crippen LogP contribution in [0.25, 0.3) is 0 Å². The quantitative estimate of drug-likeness (QED) is 0.902. The third-order valence-electron chi connectivity index (χ3n) is 2.81. The van der Waals surface area contributed by atoms with Crippen LogP contribution in [0.4, 0.5) is 4.79 Å². The SMILES string of the molecule is Cc1cc(CN(C)C(=O)NCCc2ccccn2)no1. The Bertz CT molecular complexity index is 553. The fourth-order valence-corrected chi connectivity index (χ4v) is 1.79. The van der Waals surface area contributed by atoms with Gasteiger partial charge in [0.2, 0.25) is 0 Å². The first-order chi connectivity index (χ1) is 9.65. The fourth-order valence-electron chi connectivity index (χ4n) is 1.79. The zero-order valence-electron chi connectivity index (χ0n) is 11.7. The van der Waals surface area contributed by atoms with Crippen molar-refractivity contribution in [1.29, 1.82) is 0 Å². The van der Waals surface area contributed by atoms with Crippen LogP contribution < -0.4 is 5.32 Å². The maximum Gasteiger partial charge on any atom is 0.317 e. The largest absolute Gasteiger partial charge is 0.361 e. The zero-order valence-corrected chi connectivity index (χ0v) is 11.7. The van der Waals surface area contributed by atoms with Crippen LogP contribution in [0, 0.1) is 6.92 Å². The summed E-state index contributed by atoms with van der Waals surface area (Å²) in [5, 5.41) is 6.71. The molecule has 0 aliphatic rings. The molecule has 2 aromatic heterocycles. The summed E-state index contributed by atoms with van der Waals surface area (Å²) >= 11 is 0. The van der Waals surface area contributed by atoms with E-state index < -0.39 is 0 Å². The van der Waals surface area contributed by atoms with Crippen molar-refractivity contribution >= 4 is 6.03 Å². The monoisotopic (exact) mass is 274 g/mol. The summed E-state index contributed by atoms with van der Waals surface area (Å²) in [5.41, 5.74) is 1.70. The molecule has 106 valence electrons. The maximum atomic E-state index is 11.9. The molecule has 0 radical (unpaired) electrons. The van der Waals surface area contributed by atoms with Gasteiger partial charge in [-0.05, 0) is 19.1 Å². The topological polar surface area (TPSA) is 71.3 Å². The van der Waals surface area contributed by atoms with Crippen LogP contribution in [0.5, 0.6) is 0 Å². The Kier molecular flexibility index (Phi) is 4.70. The van der Waals surface area contributed by atoms with E-state index in [1.165, 1.54) is 0 Å². The number of rotatable bonds is 5. The predicted molar refractivity (Wildman–Crippen MR) is 74.0 cm³/mol. The fraction of sp³-hybridized carbons (Fsp3) is 0.357. The van der Waals surface area contributed by atoms with Crippen molar-refractivity contribution in [3.8, 4) is 0 Å². The van der Waals surface area contributed by atoms with Gasteiger partial charge < -0.3 is 14.7 Å². The van der Waals surface area contributed by atoms with E-state index in [-0.39, 0.29) is 6.03 Å². The predicted octanol–water partition coefficient (Wildman–Crippen LogP) is 1.76. The summed E-state index contributed by atoms with van der Waals surface area (Å²) in [6, 6.07) is 7.42. The number of nitrogens with zero attached hydrogens (tertiary/aromatic N) is 3. The number of nitrogens with one attached hydrogen (secondary N) is 1. The second-order valence-electron chi connectivity index (χ2n) is 4.59. The minimum Gasteiger partial charge on any atom is -0.361 e. The number of hydrogen-bond donors (Lipinski definition) is 1. The molecular weight excluding hydrogens is 256 g/mol. The highest BCUT2D eigenvalue weighted by Gasteiger charge is 2.10. The minimum absolute atomic E-state index is 0.137. The van der Waals surface area contributed by atoms with Crippen molar-refractivity contribution in [2.45, 2.75) is 19.9 Å². The molecule has 0 saturated carbocycles. The Hall–Kier alpha value is -2.37. The smallest absolute Gasteiger partial charge is 0.317 e. The van der Waals surface area contributed by atoms with E-state index in [0.717, 1.165) is 17.1 Å². The van der Waals surface area contributed by atoms with Crippen molar-refractivity contribution < 1.29 is 9.32 Å². The maximum absolute atomic E-state index is 11.9. The molecule has 2 heterocycles. The molecule has 0 saturated heterocycles. The van der Waals surface area contributed by atoms with E-state index in [1.54, 1.807) is 18.1 Å². The average Bonchev–Trinajstić information content (AvgIpc) is 2.85. The van der Waals surface area contributed by atoms with E-state index >= 15 is 0 Å². The van der Waals surface area contributed by atoms with Crippen molar-refractivity contribution in [1.82, 2.24) is 20.4 Å². The second kappa shape index (κ2) is 6.70. The lowest BCUT2D eigenvalue weighted by atomic mass is 10.3. The van der Waals surface area contributed by atoms with Crippen LogP contribution >= 0.6 is 0 Å². The normalized spacial score (nSPS) is 10.3. The number of amides is 2. The van der Waals surface area contributed by atoms with Gasteiger partial charge in [-0.2, -0.15) is 0 Å². The number of carbonyl (C=O) groups excluding carboxylic acids is 1. The van der Waals surface area contributed by atoms with Gasteiger partial charge in [0.1, 0.15) is 11.5 Å². The van der Waals surface area contributed by atoms with E-state index in [1.807, 2.05) is 31.2 Å². The van der Waals surface area contributed by atoms with Crippen molar-refractivity contribution in [2.24, 2.45) is 0 Å². The van der Waals surface area contributed by atoms with Crippen LogP contribution in [-0.4, -0.2) is 34.7 Å². The van der Waals surface area contributed by atoms with Crippen LogP contribution in [0.3, 0.4) is 0 Å². The average molecular weight is 274 g/mol. The molecule has 6 nitrogen and oxygen atoms in total. The highest BCUT2D eigenvalue weighted by atomic mass is 16.5. The van der Waals surface area contributed by atoms with Crippen LogP contribution in [0.1, 0.15) is 17.1 Å². The van der Waals surface area contributed by atoms with Gasteiger partial charge >= 0.3 is 6.03 Å². The zero-order chi connectivity index (χ0) is 14.4. The first-order valence-electron chi connectivity index (χ1n) is 6.46. The van der Waals surface area contributed by atoms with Crippen LogP contribution in [-0.2, 0) is 13.0 Å².